The molecule has 2 amide bonds. The summed E-state index contributed by atoms with van der Waals surface area (Å²) < 4.78 is 28.3. The van der Waals surface area contributed by atoms with Crippen LogP contribution in [0, 0.1) is 24.8 Å². The molecule has 3 saturated heterocycles. The summed E-state index contributed by atoms with van der Waals surface area (Å²) in [5, 5.41) is 2.38. The van der Waals surface area contributed by atoms with Gasteiger partial charge in [-0.3, -0.25) is 24.7 Å². The van der Waals surface area contributed by atoms with Gasteiger partial charge in [0.15, 0.2) is 0 Å². The van der Waals surface area contributed by atoms with E-state index in [0.29, 0.717) is 19.7 Å². The number of rotatable bonds is 12. The molecule has 3 unspecified atom stereocenters. The van der Waals surface area contributed by atoms with Gasteiger partial charge in [-0.25, -0.2) is 11.2 Å². The molecule has 0 aromatic heterocycles. The number of hydrogen-bond acceptors (Lipinski definition) is 9. The number of imide groups is 1. The second-order valence-corrected chi connectivity index (χ2v) is 12.4. The molecule has 0 spiro atoms. The van der Waals surface area contributed by atoms with E-state index in [4.69, 9.17) is 31.5 Å². The Kier molecular flexibility index (Phi) is 10.1. The van der Waals surface area contributed by atoms with Crippen LogP contribution in [0.1, 0.15) is 27.7 Å². The smallest absolute Gasteiger partial charge is 0.259 e. The number of nitrogens with one attached hydrogen (secondary N) is 1. The molecule has 4 aliphatic rings. The first-order valence-corrected chi connectivity index (χ1v) is 14.7. The van der Waals surface area contributed by atoms with E-state index in [-0.39, 0.29) is 25.2 Å². The molecule has 4 heterocycles. The van der Waals surface area contributed by atoms with Crippen molar-refractivity contribution in [2.24, 2.45) is 5.92 Å². The van der Waals surface area contributed by atoms with Gasteiger partial charge in [0.2, 0.25) is 18.4 Å². The second-order valence-electron chi connectivity index (χ2n) is 11.0. The molecule has 39 heavy (non-hydrogen) atoms. The quantitative estimate of drug-likeness (QED) is 0.124. The molecular weight excluding hydrogens is 521 g/mol. The second kappa shape index (κ2) is 13.2. The summed E-state index contributed by atoms with van der Waals surface area (Å²) in [6.45, 7) is 20.9. The average Bonchev–Trinajstić information content (AvgIpc) is 3.35. The number of carbonyl (C=O) groups is 2. The number of amides is 2. The Bertz CT molecular complexity index is 996. The molecule has 6 atom stereocenters. The Labute approximate surface area is 232 Å². The van der Waals surface area contributed by atoms with Crippen molar-refractivity contribution in [1.82, 2.24) is 19.8 Å². The summed E-state index contributed by atoms with van der Waals surface area (Å²) >= 11 is 0. The Morgan fingerprint density at radius 1 is 1.23 bits per heavy atom. The van der Waals surface area contributed by atoms with Crippen molar-refractivity contribution in [2.45, 2.75) is 63.7 Å². The lowest BCUT2D eigenvalue weighted by molar-refractivity contribution is -0.171. The molecule has 4 rings (SSSR count). The molecule has 1 N–H and O–H groups in total. The predicted octanol–water partition coefficient (Wildman–Crippen LogP) is 1.27. The molecule has 214 valence electrons. The highest BCUT2D eigenvalue weighted by Crippen LogP contribution is 2.54. The van der Waals surface area contributed by atoms with E-state index < -0.39 is 50.2 Å². The highest BCUT2D eigenvalue weighted by atomic mass is 31.2. The minimum atomic E-state index is -1.55. The summed E-state index contributed by atoms with van der Waals surface area (Å²) in [6, 6.07) is 0.276. The van der Waals surface area contributed by atoms with Crippen molar-refractivity contribution in [1.29, 1.82) is 0 Å². The van der Waals surface area contributed by atoms with Gasteiger partial charge in [0.05, 0.1) is 19.1 Å². The van der Waals surface area contributed by atoms with E-state index in [1.165, 1.54) is 6.08 Å². The van der Waals surface area contributed by atoms with Crippen molar-refractivity contribution < 1.29 is 28.1 Å². The van der Waals surface area contributed by atoms with E-state index in [0.717, 1.165) is 26.2 Å². The molecular formula is C27H40N5O6P. The summed E-state index contributed by atoms with van der Waals surface area (Å²) in [5.41, 5.74) is -0.817. The maximum absolute atomic E-state index is 12.8. The standard InChI is InChI=1S/C27H40N5O6P/c1-7-11-30-12-14-31(15-13-30)17-27-18-35-24(23(37-27)21-8-9-22(33)29-26(21)34)25(27)38-39(36-16-10-28-6)32(19(2)3)20(4)5/h1,8-9,19-21,23-25H,10-18H2,2-5H3,(H,29,33,34)/t21?,23-,24+,25?,27-,39?/m0/s1. The monoisotopic (exact) mass is 561 g/mol. The number of hydrogen-bond donors (Lipinski definition) is 1. The zero-order valence-electron chi connectivity index (χ0n) is 23.2. The first kappa shape index (κ1) is 30.0. The molecule has 0 aromatic carbocycles. The van der Waals surface area contributed by atoms with Crippen LogP contribution in [0.2, 0.25) is 0 Å². The van der Waals surface area contributed by atoms with Crippen LogP contribution in [0.5, 0.6) is 0 Å². The Morgan fingerprint density at radius 2 is 1.92 bits per heavy atom. The third-order valence-corrected chi connectivity index (χ3v) is 9.63. The number of fused-ring (bicyclic) bond motifs is 2. The Balaban J connectivity index is 1.60. The summed E-state index contributed by atoms with van der Waals surface area (Å²) in [7, 11) is -1.55. The van der Waals surface area contributed by atoms with Crippen LogP contribution >= 0.6 is 8.53 Å². The molecule has 2 bridgehead atoms. The Hall–Kier alpha value is -1.92. The van der Waals surface area contributed by atoms with Gasteiger partial charge in [-0.1, -0.05) is 12.0 Å². The molecule has 0 radical (unpaired) electrons. The molecule has 3 fully saturated rings. The number of carbonyl (C=O) groups excluding carboxylic acids is 2. The van der Waals surface area contributed by atoms with E-state index in [9.17, 15) is 9.59 Å². The fourth-order valence-electron chi connectivity index (χ4n) is 5.80. The van der Waals surface area contributed by atoms with Gasteiger partial charge in [0, 0.05) is 50.9 Å². The summed E-state index contributed by atoms with van der Waals surface area (Å²) in [6.07, 6.45) is 6.85. The highest BCUT2D eigenvalue weighted by Gasteiger charge is 2.65. The van der Waals surface area contributed by atoms with E-state index in [2.05, 4.69) is 58.2 Å². The number of ether oxygens (including phenoxy) is 2. The molecule has 0 saturated carbocycles. The first-order chi connectivity index (χ1) is 18.7. The Morgan fingerprint density at radius 3 is 2.54 bits per heavy atom. The van der Waals surface area contributed by atoms with Crippen LogP contribution in [0.4, 0.5) is 0 Å². The SMILES string of the molecule is [C-]#[N+]CCOP(OC1[C@@H]2OC[C@]1(CN1CCN(CC#C)CC1)O[C@H]2C1C=CC(=O)NC1=O)N(C(C)C)C(C)C. The molecule has 0 aromatic rings. The van der Waals surface area contributed by atoms with Crippen molar-refractivity contribution in [3.8, 4) is 12.3 Å². The number of nitrogens with zero attached hydrogens (tertiary/aromatic N) is 4. The summed E-state index contributed by atoms with van der Waals surface area (Å²) in [4.78, 5) is 32.6. The maximum atomic E-state index is 12.8. The van der Waals surface area contributed by atoms with Crippen molar-refractivity contribution in [2.75, 3.05) is 59.0 Å². The van der Waals surface area contributed by atoms with E-state index >= 15 is 0 Å². The fraction of sp³-hybridized carbons (Fsp3) is 0.741. The minimum Gasteiger partial charge on any atom is -0.369 e. The lowest BCUT2D eigenvalue weighted by atomic mass is 9.92. The highest BCUT2D eigenvalue weighted by molar-refractivity contribution is 7.44. The van der Waals surface area contributed by atoms with Gasteiger partial charge in [0.25, 0.3) is 8.53 Å². The molecule has 4 aliphatic heterocycles. The van der Waals surface area contributed by atoms with E-state index in [1.807, 2.05) is 0 Å². The van der Waals surface area contributed by atoms with Crippen molar-refractivity contribution in [3.05, 3.63) is 23.6 Å². The fourth-order valence-corrected chi connectivity index (χ4v) is 7.60. The van der Waals surface area contributed by atoms with Gasteiger partial charge in [0.1, 0.15) is 30.5 Å². The molecule has 11 nitrogen and oxygen atoms in total. The predicted molar refractivity (Wildman–Crippen MR) is 146 cm³/mol. The van der Waals surface area contributed by atoms with Crippen molar-refractivity contribution >= 4 is 20.3 Å². The molecule has 12 heteroatoms. The van der Waals surface area contributed by atoms with Gasteiger partial charge < -0.3 is 23.4 Å². The molecule has 0 aliphatic carbocycles. The van der Waals surface area contributed by atoms with Crippen LogP contribution < -0.4 is 5.32 Å². The van der Waals surface area contributed by atoms with Crippen LogP contribution in [-0.4, -0.2) is 121 Å². The average molecular weight is 562 g/mol. The van der Waals surface area contributed by atoms with Crippen LogP contribution in [-0.2, 0) is 28.1 Å². The van der Waals surface area contributed by atoms with Gasteiger partial charge in [-0.05, 0) is 27.7 Å². The zero-order chi connectivity index (χ0) is 28.2. The van der Waals surface area contributed by atoms with Crippen LogP contribution in [0.15, 0.2) is 12.2 Å². The van der Waals surface area contributed by atoms with Crippen LogP contribution in [0.3, 0.4) is 0 Å². The normalized spacial score (nSPS) is 32.1. The third kappa shape index (κ3) is 6.70. The van der Waals surface area contributed by atoms with Crippen LogP contribution in [0.25, 0.3) is 4.85 Å². The lowest BCUT2D eigenvalue weighted by Crippen LogP contribution is -2.56. The third-order valence-electron chi connectivity index (χ3n) is 7.52. The summed E-state index contributed by atoms with van der Waals surface area (Å²) in [5.74, 6) is 1.21. The number of piperazine rings is 1. The van der Waals surface area contributed by atoms with Crippen molar-refractivity contribution in [3.63, 3.8) is 0 Å². The number of terminal acetylenes is 1. The largest absolute Gasteiger partial charge is 0.369 e. The minimum absolute atomic E-state index is 0.138. The van der Waals surface area contributed by atoms with Gasteiger partial charge >= 0.3 is 0 Å². The lowest BCUT2D eigenvalue weighted by Gasteiger charge is -2.42. The zero-order valence-corrected chi connectivity index (χ0v) is 24.1. The first-order valence-electron chi connectivity index (χ1n) is 13.6. The van der Waals surface area contributed by atoms with Gasteiger partial charge in [-0.15, -0.1) is 6.42 Å². The topological polar surface area (TPSA) is 97.2 Å². The van der Waals surface area contributed by atoms with Gasteiger partial charge in [-0.2, -0.15) is 0 Å². The van der Waals surface area contributed by atoms with E-state index in [1.54, 1.807) is 6.08 Å². The maximum Gasteiger partial charge on any atom is 0.259 e.